The van der Waals surface area contributed by atoms with Crippen LogP contribution in [0.3, 0.4) is 0 Å². The molecule has 0 radical (unpaired) electrons. The maximum Gasteiger partial charge on any atom is 0.122 e. The number of anilines is 1. The number of hydrogen-bond donors (Lipinski definition) is 1. The molecule has 0 atom stereocenters. The summed E-state index contributed by atoms with van der Waals surface area (Å²) >= 11 is 0. The van der Waals surface area contributed by atoms with E-state index in [1.54, 1.807) is 7.11 Å². The molecule has 2 rings (SSSR count). The van der Waals surface area contributed by atoms with Gasteiger partial charge in [-0.1, -0.05) is 13.0 Å². The minimum Gasteiger partial charge on any atom is -0.496 e. The average molecular weight is 255 g/mol. The molecule has 0 saturated carbocycles. The van der Waals surface area contributed by atoms with E-state index in [0.717, 1.165) is 23.4 Å². The third kappa shape index (κ3) is 2.58. The molecule has 2 aromatic rings. The monoisotopic (exact) mass is 255 g/mol. The lowest BCUT2D eigenvalue weighted by Crippen LogP contribution is -1.95. The van der Waals surface area contributed by atoms with Gasteiger partial charge in [0.2, 0.25) is 0 Å². The van der Waals surface area contributed by atoms with E-state index in [2.05, 4.69) is 45.0 Å². The highest BCUT2D eigenvalue weighted by atomic mass is 16.5. The van der Waals surface area contributed by atoms with Gasteiger partial charge in [-0.3, -0.25) is 0 Å². The van der Waals surface area contributed by atoms with Gasteiger partial charge < -0.3 is 10.5 Å². The third-order valence-electron chi connectivity index (χ3n) is 3.58. The maximum absolute atomic E-state index is 5.97. The molecule has 2 nitrogen and oxygen atoms in total. The molecule has 0 aliphatic rings. The van der Waals surface area contributed by atoms with E-state index in [1.807, 2.05) is 6.07 Å². The zero-order chi connectivity index (χ0) is 14.0. The van der Waals surface area contributed by atoms with Crippen molar-refractivity contribution in [3.8, 4) is 16.9 Å². The summed E-state index contributed by atoms with van der Waals surface area (Å²) in [5, 5.41) is 0. The number of nitrogen functional groups attached to an aromatic ring is 1. The van der Waals surface area contributed by atoms with Gasteiger partial charge >= 0.3 is 0 Å². The number of nitrogens with two attached hydrogens (primary N) is 1. The minimum absolute atomic E-state index is 0.870. The molecule has 0 aromatic heterocycles. The van der Waals surface area contributed by atoms with Gasteiger partial charge in [0.25, 0.3) is 0 Å². The van der Waals surface area contributed by atoms with Crippen molar-refractivity contribution in [2.24, 2.45) is 0 Å². The van der Waals surface area contributed by atoms with Crippen LogP contribution in [0.5, 0.6) is 5.75 Å². The summed E-state index contributed by atoms with van der Waals surface area (Å²) in [5.41, 5.74) is 12.9. The predicted molar refractivity (Wildman–Crippen MR) is 81.7 cm³/mol. The van der Waals surface area contributed by atoms with Crippen molar-refractivity contribution in [2.45, 2.75) is 27.2 Å². The first kappa shape index (κ1) is 13.5. The molecule has 0 aliphatic carbocycles. The molecule has 0 bridgehead atoms. The second-order valence-electron chi connectivity index (χ2n) is 4.90. The molecule has 2 heteroatoms. The van der Waals surface area contributed by atoms with E-state index in [-0.39, 0.29) is 0 Å². The Morgan fingerprint density at radius 2 is 1.79 bits per heavy atom. The van der Waals surface area contributed by atoms with E-state index in [0.29, 0.717) is 0 Å². The Hall–Kier alpha value is -1.96. The fraction of sp³-hybridized carbons (Fsp3) is 0.294. The molecule has 0 aliphatic heterocycles. The first-order valence-corrected chi connectivity index (χ1v) is 6.60. The molecule has 0 spiro atoms. The van der Waals surface area contributed by atoms with Crippen LogP contribution in [0.25, 0.3) is 11.1 Å². The van der Waals surface area contributed by atoms with Crippen molar-refractivity contribution in [3.63, 3.8) is 0 Å². The standard InChI is InChI=1S/C17H21NO/c1-5-13-10-14(6-7-16(13)18)15-8-12(3)17(19-4)9-11(15)2/h6-10H,5,18H2,1-4H3. The second kappa shape index (κ2) is 5.35. The molecule has 2 N–H and O–H groups in total. The van der Waals surface area contributed by atoms with Gasteiger partial charge in [-0.25, -0.2) is 0 Å². The predicted octanol–water partition coefficient (Wildman–Crippen LogP) is 4.12. The van der Waals surface area contributed by atoms with E-state index < -0.39 is 0 Å². The normalized spacial score (nSPS) is 10.5. The zero-order valence-electron chi connectivity index (χ0n) is 12.1. The first-order chi connectivity index (χ1) is 9.06. The number of methoxy groups -OCH3 is 1. The summed E-state index contributed by atoms with van der Waals surface area (Å²) in [7, 11) is 1.71. The van der Waals surface area contributed by atoms with Crippen LogP contribution in [0.15, 0.2) is 30.3 Å². The Labute approximate surface area is 115 Å². The molecule has 19 heavy (non-hydrogen) atoms. The van der Waals surface area contributed by atoms with Crippen LogP contribution in [-0.2, 0) is 6.42 Å². The van der Waals surface area contributed by atoms with Crippen LogP contribution in [0, 0.1) is 13.8 Å². The largest absolute Gasteiger partial charge is 0.496 e. The topological polar surface area (TPSA) is 35.2 Å². The van der Waals surface area contributed by atoms with Gasteiger partial charge in [0.05, 0.1) is 7.11 Å². The summed E-state index contributed by atoms with van der Waals surface area (Å²) in [4.78, 5) is 0. The molecular weight excluding hydrogens is 234 g/mol. The molecule has 0 saturated heterocycles. The Kier molecular flexibility index (Phi) is 3.79. The van der Waals surface area contributed by atoms with Crippen molar-refractivity contribution in [2.75, 3.05) is 12.8 Å². The van der Waals surface area contributed by atoms with Crippen LogP contribution < -0.4 is 10.5 Å². The molecule has 0 amide bonds. The number of hydrogen-bond acceptors (Lipinski definition) is 2. The number of ether oxygens (including phenoxy) is 1. The Balaban J connectivity index is 2.56. The quantitative estimate of drug-likeness (QED) is 0.837. The molecular formula is C17H21NO. The third-order valence-corrected chi connectivity index (χ3v) is 3.58. The van der Waals surface area contributed by atoms with E-state index in [1.165, 1.54) is 22.3 Å². The zero-order valence-corrected chi connectivity index (χ0v) is 12.1. The number of rotatable bonds is 3. The lowest BCUT2D eigenvalue weighted by molar-refractivity contribution is 0.411. The van der Waals surface area contributed by atoms with Gasteiger partial charge in [0.15, 0.2) is 0 Å². The molecule has 2 aromatic carbocycles. The van der Waals surface area contributed by atoms with Gasteiger partial charge in [-0.15, -0.1) is 0 Å². The summed E-state index contributed by atoms with van der Waals surface area (Å²) in [6.07, 6.45) is 0.952. The van der Waals surface area contributed by atoms with Crippen molar-refractivity contribution < 1.29 is 4.74 Å². The summed E-state index contributed by atoms with van der Waals surface area (Å²) in [6, 6.07) is 10.5. The van der Waals surface area contributed by atoms with E-state index in [9.17, 15) is 0 Å². The van der Waals surface area contributed by atoms with Crippen molar-refractivity contribution in [1.82, 2.24) is 0 Å². The highest BCUT2D eigenvalue weighted by Crippen LogP contribution is 2.31. The lowest BCUT2D eigenvalue weighted by atomic mass is 9.95. The summed E-state index contributed by atoms with van der Waals surface area (Å²) in [5.74, 6) is 0.937. The van der Waals surface area contributed by atoms with Crippen molar-refractivity contribution in [3.05, 3.63) is 47.0 Å². The average Bonchev–Trinajstić information content (AvgIpc) is 2.41. The maximum atomic E-state index is 5.97. The van der Waals surface area contributed by atoms with Crippen LogP contribution in [0.1, 0.15) is 23.6 Å². The SMILES string of the molecule is CCc1cc(-c2cc(C)c(OC)cc2C)ccc1N. The minimum atomic E-state index is 0.870. The van der Waals surface area contributed by atoms with Gasteiger partial charge in [-0.2, -0.15) is 0 Å². The molecule has 0 fully saturated rings. The van der Waals surface area contributed by atoms with Crippen LogP contribution in [0.2, 0.25) is 0 Å². The van der Waals surface area contributed by atoms with E-state index in [4.69, 9.17) is 10.5 Å². The molecule has 0 unspecified atom stereocenters. The Morgan fingerprint density at radius 3 is 2.42 bits per heavy atom. The molecule has 100 valence electrons. The second-order valence-corrected chi connectivity index (χ2v) is 4.90. The molecule has 0 heterocycles. The fourth-order valence-corrected chi connectivity index (χ4v) is 2.40. The van der Waals surface area contributed by atoms with Gasteiger partial charge in [0.1, 0.15) is 5.75 Å². The summed E-state index contributed by atoms with van der Waals surface area (Å²) < 4.78 is 5.36. The fourth-order valence-electron chi connectivity index (χ4n) is 2.40. The lowest BCUT2D eigenvalue weighted by Gasteiger charge is -2.13. The highest BCUT2D eigenvalue weighted by Gasteiger charge is 2.08. The van der Waals surface area contributed by atoms with Gasteiger partial charge in [-0.05, 0) is 72.4 Å². The van der Waals surface area contributed by atoms with Crippen LogP contribution in [-0.4, -0.2) is 7.11 Å². The van der Waals surface area contributed by atoms with Crippen LogP contribution in [0.4, 0.5) is 5.69 Å². The Morgan fingerprint density at radius 1 is 1.05 bits per heavy atom. The smallest absolute Gasteiger partial charge is 0.122 e. The van der Waals surface area contributed by atoms with Crippen molar-refractivity contribution >= 4 is 5.69 Å². The summed E-state index contributed by atoms with van der Waals surface area (Å²) in [6.45, 7) is 6.31. The van der Waals surface area contributed by atoms with Crippen LogP contribution >= 0.6 is 0 Å². The van der Waals surface area contributed by atoms with Crippen molar-refractivity contribution in [1.29, 1.82) is 0 Å². The number of benzene rings is 2. The Bertz CT molecular complexity index is 602. The van der Waals surface area contributed by atoms with E-state index >= 15 is 0 Å². The highest BCUT2D eigenvalue weighted by molar-refractivity contribution is 5.72. The first-order valence-electron chi connectivity index (χ1n) is 6.60. The number of aryl methyl sites for hydroxylation is 3. The van der Waals surface area contributed by atoms with Gasteiger partial charge in [0, 0.05) is 5.69 Å².